The first-order chi connectivity index (χ1) is 6.49. The minimum atomic E-state index is -1.13. The largest absolute Gasteiger partial charge is 0.536 e. The van der Waals surface area contributed by atoms with Gasteiger partial charge in [0.15, 0.2) is 6.07 Å². The van der Waals surface area contributed by atoms with Gasteiger partial charge in [0.2, 0.25) is 5.17 Å². The van der Waals surface area contributed by atoms with Crippen molar-refractivity contribution >= 4 is 40.4 Å². The summed E-state index contributed by atoms with van der Waals surface area (Å²) in [5.74, 6) is -0.592. The van der Waals surface area contributed by atoms with Crippen LogP contribution >= 0.6 is 23.2 Å². The Morgan fingerprint density at radius 1 is 1.43 bits per heavy atom. The van der Waals surface area contributed by atoms with Crippen LogP contribution in [0.4, 0.5) is 4.79 Å². The number of hydrogen-bond acceptors (Lipinski definition) is 5. The molecule has 0 aliphatic rings. The average molecular weight is 243 g/mol. The SMILES string of the molecule is CN(C)C(=O)/C(Cl)=N/OC(=O)OCCl. The molecular weight excluding hydrogens is 235 g/mol. The fourth-order valence-corrected chi connectivity index (χ4v) is 0.664. The zero-order valence-electron chi connectivity index (χ0n) is 7.49. The Hall–Kier alpha value is -1.01. The van der Waals surface area contributed by atoms with Gasteiger partial charge in [-0.1, -0.05) is 28.4 Å². The summed E-state index contributed by atoms with van der Waals surface area (Å²) < 4.78 is 4.15. The smallest absolute Gasteiger partial charge is 0.416 e. The predicted octanol–water partition coefficient (Wildman–Crippen LogP) is 0.976. The van der Waals surface area contributed by atoms with Crippen LogP contribution in [-0.4, -0.2) is 42.3 Å². The van der Waals surface area contributed by atoms with Crippen molar-refractivity contribution in [2.75, 3.05) is 20.2 Å². The Labute approximate surface area is 90.3 Å². The third-order valence-electron chi connectivity index (χ3n) is 0.955. The van der Waals surface area contributed by atoms with Gasteiger partial charge in [-0.2, -0.15) is 0 Å². The van der Waals surface area contributed by atoms with Crippen molar-refractivity contribution in [2.24, 2.45) is 5.16 Å². The molecule has 0 aromatic heterocycles. The highest BCUT2D eigenvalue weighted by atomic mass is 35.5. The Morgan fingerprint density at radius 2 is 2.00 bits per heavy atom. The molecule has 8 heteroatoms. The molecule has 0 aliphatic heterocycles. The topological polar surface area (TPSA) is 68.2 Å². The second kappa shape index (κ2) is 6.44. The fraction of sp³-hybridized carbons (Fsp3) is 0.500. The van der Waals surface area contributed by atoms with Crippen LogP contribution in [0.1, 0.15) is 0 Å². The molecule has 0 aliphatic carbocycles. The third-order valence-corrected chi connectivity index (χ3v) is 1.30. The van der Waals surface area contributed by atoms with Crippen molar-refractivity contribution in [1.29, 1.82) is 0 Å². The van der Waals surface area contributed by atoms with Crippen molar-refractivity contribution < 1.29 is 19.2 Å². The van der Waals surface area contributed by atoms with Gasteiger partial charge in [0.1, 0.15) is 0 Å². The van der Waals surface area contributed by atoms with E-state index >= 15 is 0 Å². The standard InChI is InChI=1S/C6H8Cl2N2O4/c1-10(2)5(11)4(8)9-14-6(12)13-3-7/h3H2,1-2H3/b9-4-. The maximum atomic E-state index is 11.0. The lowest BCUT2D eigenvalue weighted by atomic mass is 10.6. The number of carbonyl (C=O) groups excluding carboxylic acids is 2. The van der Waals surface area contributed by atoms with Gasteiger partial charge in [0, 0.05) is 14.1 Å². The number of hydrogen-bond donors (Lipinski definition) is 0. The van der Waals surface area contributed by atoms with Crippen LogP contribution in [0, 0.1) is 0 Å². The summed E-state index contributed by atoms with van der Waals surface area (Å²) in [6.07, 6.45) is -1.13. The summed E-state index contributed by atoms with van der Waals surface area (Å²) >= 11 is 10.4. The lowest BCUT2D eigenvalue weighted by Gasteiger charge is -2.06. The maximum absolute atomic E-state index is 11.0. The van der Waals surface area contributed by atoms with Crippen molar-refractivity contribution in [1.82, 2.24) is 4.90 Å². The Kier molecular flexibility index (Phi) is 5.98. The molecule has 0 unspecified atom stereocenters. The summed E-state index contributed by atoms with van der Waals surface area (Å²) in [7, 11) is 2.94. The van der Waals surface area contributed by atoms with E-state index in [1.54, 1.807) is 0 Å². The molecule has 1 amide bonds. The van der Waals surface area contributed by atoms with Crippen LogP contribution in [0.15, 0.2) is 5.16 Å². The molecule has 0 saturated heterocycles. The predicted molar refractivity (Wildman–Crippen MR) is 50.3 cm³/mol. The van der Waals surface area contributed by atoms with Crippen LogP contribution in [-0.2, 0) is 14.4 Å². The molecule has 0 aromatic carbocycles. The van der Waals surface area contributed by atoms with E-state index in [0.717, 1.165) is 0 Å². The van der Waals surface area contributed by atoms with Crippen molar-refractivity contribution in [3.05, 3.63) is 0 Å². The zero-order valence-corrected chi connectivity index (χ0v) is 9.00. The van der Waals surface area contributed by atoms with E-state index in [9.17, 15) is 9.59 Å². The Morgan fingerprint density at radius 3 is 2.43 bits per heavy atom. The van der Waals surface area contributed by atoms with Gasteiger partial charge in [-0.3, -0.25) is 9.63 Å². The maximum Gasteiger partial charge on any atom is 0.536 e. The molecule has 0 spiro atoms. The number of nitrogens with zero attached hydrogens (tertiary/aromatic N) is 2. The van der Waals surface area contributed by atoms with E-state index in [1.807, 2.05) is 0 Å². The van der Waals surface area contributed by atoms with E-state index in [-0.39, 0.29) is 6.07 Å². The van der Waals surface area contributed by atoms with Crippen molar-refractivity contribution in [3.8, 4) is 0 Å². The van der Waals surface area contributed by atoms with Gasteiger partial charge < -0.3 is 9.64 Å². The molecule has 0 bridgehead atoms. The highest BCUT2D eigenvalue weighted by Crippen LogP contribution is 1.95. The summed E-state index contributed by atoms with van der Waals surface area (Å²) in [6, 6.07) is -0.367. The summed E-state index contributed by atoms with van der Waals surface area (Å²) in [4.78, 5) is 26.8. The second-order valence-electron chi connectivity index (χ2n) is 2.18. The number of rotatable bonds is 3. The molecule has 14 heavy (non-hydrogen) atoms. The van der Waals surface area contributed by atoms with Gasteiger partial charge in [-0.25, -0.2) is 4.79 Å². The van der Waals surface area contributed by atoms with Crippen LogP contribution in [0.25, 0.3) is 0 Å². The summed E-state index contributed by atoms with van der Waals surface area (Å²) in [6.45, 7) is 0. The molecule has 0 heterocycles. The lowest BCUT2D eigenvalue weighted by molar-refractivity contribution is -0.121. The van der Waals surface area contributed by atoms with Crippen LogP contribution < -0.4 is 0 Å². The number of halogens is 2. The number of oxime groups is 1. The van der Waals surface area contributed by atoms with Gasteiger partial charge in [-0.15, -0.1) is 0 Å². The minimum absolute atomic E-state index is 0.367. The van der Waals surface area contributed by atoms with E-state index in [2.05, 4.69) is 14.7 Å². The molecule has 0 rings (SSSR count). The van der Waals surface area contributed by atoms with Crippen LogP contribution in [0.3, 0.4) is 0 Å². The average Bonchev–Trinajstić information content (AvgIpc) is 2.13. The number of alkyl halides is 1. The lowest BCUT2D eigenvalue weighted by Crippen LogP contribution is -2.27. The highest BCUT2D eigenvalue weighted by molar-refractivity contribution is 6.82. The monoisotopic (exact) mass is 242 g/mol. The third kappa shape index (κ3) is 4.88. The molecule has 0 saturated carbocycles. The molecule has 0 N–H and O–H groups in total. The normalized spacial score (nSPS) is 10.7. The minimum Gasteiger partial charge on any atom is -0.416 e. The fourth-order valence-electron chi connectivity index (χ4n) is 0.372. The van der Waals surface area contributed by atoms with Crippen LogP contribution in [0.5, 0.6) is 0 Å². The highest BCUT2D eigenvalue weighted by Gasteiger charge is 2.12. The first kappa shape index (κ1) is 13.0. The second-order valence-corrected chi connectivity index (χ2v) is 2.75. The van der Waals surface area contributed by atoms with E-state index < -0.39 is 17.2 Å². The van der Waals surface area contributed by atoms with Gasteiger partial charge >= 0.3 is 6.16 Å². The molecular formula is C6H8Cl2N2O4. The van der Waals surface area contributed by atoms with E-state index in [4.69, 9.17) is 23.2 Å². The molecule has 6 nitrogen and oxygen atoms in total. The molecule has 0 fully saturated rings. The quantitative estimate of drug-likeness (QED) is 0.243. The Bertz CT molecular complexity index is 254. The van der Waals surface area contributed by atoms with E-state index in [1.165, 1.54) is 19.0 Å². The molecule has 80 valence electrons. The van der Waals surface area contributed by atoms with Crippen LogP contribution in [0.2, 0.25) is 0 Å². The first-order valence-corrected chi connectivity index (χ1v) is 4.25. The van der Waals surface area contributed by atoms with Gasteiger partial charge in [0.25, 0.3) is 5.91 Å². The van der Waals surface area contributed by atoms with Crippen molar-refractivity contribution in [3.63, 3.8) is 0 Å². The van der Waals surface area contributed by atoms with E-state index in [0.29, 0.717) is 0 Å². The molecule has 0 aromatic rings. The number of carbonyl (C=O) groups is 2. The zero-order chi connectivity index (χ0) is 11.1. The van der Waals surface area contributed by atoms with Gasteiger partial charge in [0.05, 0.1) is 0 Å². The van der Waals surface area contributed by atoms with Crippen molar-refractivity contribution in [2.45, 2.75) is 0 Å². The first-order valence-electron chi connectivity index (χ1n) is 3.34. The summed E-state index contributed by atoms with van der Waals surface area (Å²) in [5, 5.41) is 2.54. The number of ether oxygens (including phenoxy) is 1. The molecule has 0 atom stereocenters. The molecule has 0 radical (unpaired) electrons. The number of amides is 1. The Balaban J connectivity index is 4.12. The van der Waals surface area contributed by atoms with Gasteiger partial charge in [-0.05, 0) is 0 Å². The summed E-state index contributed by atoms with van der Waals surface area (Å²) in [5.41, 5.74) is 0.